The lowest BCUT2D eigenvalue weighted by Gasteiger charge is -2.11. The van der Waals surface area contributed by atoms with E-state index in [0.717, 1.165) is 0 Å². The molecule has 0 spiro atoms. The highest BCUT2D eigenvalue weighted by Gasteiger charge is 2.08. The zero-order valence-electron chi connectivity index (χ0n) is 8.25. The number of hydrogen-bond donors (Lipinski definition) is 2. The van der Waals surface area contributed by atoms with Gasteiger partial charge in [0.05, 0.1) is 6.10 Å². The fourth-order valence-corrected chi connectivity index (χ4v) is 1.11. The summed E-state index contributed by atoms with van der Waals surface area (Å²) in [6, 6.07) is 0. The van der Waals surface area contributed by atoms with E-state index in [1.165, 1.54) is 0 Å². The molecule has 0 aliphatic rings. The monoisotopic (exact) mass is 221 g/mol. The van der Waals surface area contributed by atoms with Crippen LogP contribution >= 0.6 is 11.6 Å². The minimum absolute atomic E-state index is 0.187. The van der Waals surface area contributed by atoms with E-state index in [1.54, 1.807) is 6.92 Å². The van der Waals surface area contributed by atoms with Crippen LogP contribution in [0.15, 0.2) is 12.2 Å². The molecule has 0 aliphatic carbocycles. The van der Waals surface area contributed by atoms with Gasteiger partial charge in [-0.2, -0.15) is 0 Å². The molecular formula is C9H16ClNO3. The summed E-state index contributed by atoms with van der Waals surface area (Å²) in [6.45, 7) is 5.57. The molecule has 1 unspecified atom stereocenters. The molecule has 1 atom stereocenters. The van der Waals surface area contributed by atoms with Crippen molar-refractivity contribution in [3.63, 3.8) is 0 Å². The van der Waals surface area contributed by atoms with Crippen molar-refractivity contribution in [2.75, 3.05) is 12.4 Å². The van der Waals surface area contributed by atoms with E-state index >= 15 is 0 Å². The topological polar surface area (TPSA) is 58.6 Å². The SMILES string of the molecule is C=C(C)C(=O)NCCC(CCCl)OO. The first-order valence-corrected chi connectivity index (χ1v) is 4.95. The Labute approximate surface area is 88.8 Å². The Morgan fingerprint density at radius 3 is 2.71 bits per heavy atom. The lowest BCUT2D eigenvalue weighted by Crippen LogP contribution is -2.28. The number of carbonyl (C=O) groups is 1. The van der Waals surface area contributed by atoms with Crippen LogP contribution < -0.4 is 5.32 Å². The Bertz CT molecular complexity index is 196. The highest BCUT2D eigenvalue weighted by Crippen LogP contribution is 2.03. The minimum atomic E-state index is -0.321. The molecule has 0 heterocycles. The zero-order chi connectivity index (χ0) is 11.0. The van der Waals surface area contributed by atoms with Gasteiger partial charge in [0.1, 0.15) is 0 Å². The molecule has 0 rings (SSSR count). The average Bonchev–Trinajstić information content (AvgIpc) is 2.16. The summed E-state index contributed by atoms with van der Waals surface area (Å²) in [5.74, 6) is 0.229. The molecule has 0 fully saturated rings. The molecule has 0 saturated heterocycles. The van der Waals surface area contributed by atoms with Gasteiger partial charge in [0, 0.05) is 18.0 Å². The van der Waals surface area contributed by atoms with Crippen molar-refractivity contribution < 1.29 is 14.9 Å². The van der Waals surface area contributed by atoms with E-state index in [-0.39, 0.29) is 12.0 Å². The quantitative estimate of drug-likeness (QED) is 0.297. The standard InChI is InChI=1S/C9H16ClNO3/c1-7(2)9(12)11-6-4-8(14-13)3-5-10/h8,13H,1,3-6H2,2H3,(H,11,12). The van der Waals surface area contributed by atoms with Gasteiger partial charge in [-0.1, -0.05) is 6.58 Å². The van der Waals surface area contributed by atoms with Crippen molar-refractivity contribution in [1.82, 2.24) is 5.32 Å². The van der Waals surface area contributed by atoms with Crippen LogP contribution in [0.4, 0.5) is 0 Å². The second-order valence-corrected chi connectivity index (χ2v) is 3.41. The van der Waals surface area contributed by atoms with Crippen molar-refractivity contribution in [2.24, 2.45) is 0 Å². The van der Waals surface area contributed by atoms with Crippen molar-refractivity contribution >= 4 is 17.5 Å². The molecule has 0 aromatic heterocycles. The Kier molecular flexibility index (Phi) is 7.47. The number of amides is 1. The highest BCUT2D eigenvalue weighted by atomic mass is 35.5. The summed E-state index contributed by atoms with van der Waals surface area (Å²) < 4.78 is 0. The Hall–Kier alpha value is -0.580. The largest absolute Gasteiger partial charge is 0.352 e. The molecule has 4 nitrogen and oxygen atoms in total. The molecule has 2 N–H and O–H groups in total. The minimum Gasteiger partial charge on any atom is -0.352 e. The van der Waals surface area contributed by atoms with Crippen LogP contribution in [0.1, 0.15) is 19.8 Å². The van der Waals surface area contributed by atoms with Gasteiger partial charge >= 0.3 is 0 Å². The Morgan fingerprint density at radius 2 is 2.29 bits per heavy atom. The first-order chi connectivity index (χ1) is 6.61. The molecule has 0 aromatic rings. The third-order valence-electron chi connectivity index (χ3n) is 1.72. The number of hydrogen-bond acceptors (Lipinski definition) is 3. The van der Waals surface area contributed by atoms with Gasteiger partial charge < -0.3 is 5.32 Å². The van der Waals surface area contributed by atoms with Crippen molar-refractivity contribution in [3.8, 4) is 0 Å². The molecule has 0 saturated carbocycles. The van der Waals surface area contributed by atoms with Crippen LogP contribution in [0.25, 0.3) is 0 Å². The predicted molar refractivity (Wildman–Crippen MR) is 55.3 cm³/mol. The summed E-state index contributed by atoms with van der Waals surface area (Å²) in [4.78, 5) is 15.2. The maximum atomic E-state index is 11.0. The average molecular weight is 222 g/mol. The molecule has 5 heteroatoms. The molecular weight excluding hydrogens is 206 g/mol. The number of halogens is 1. The number of rotatable bonds is 7. The van der Waals surface area contributed by atoms with Gasteiger partial charge in [-0.25, -0.2) is 4.89 Å². The molecule has 0 bridgehead atoms. The molecule has 1 amide bonds. The van der Waals surface area contributed by atoms with Gasteiger partial charge in [-0.15, -0.1) is 11.6 Å². The maximum absolute atomic E-state index is 11.0. The Balaban J connectivity index is 3.60. The van der Waals surface area contributed by atoms with E-state index in [2.05, 4.69) is 16.8 Å². The molecule has 82 valence electrons. The van der Waals surface area contributed by atoms with Gasteiger partial charge in [-0.05, 0) is 19.8 Å². The van der Waals surface area contributed by atoms with Crippen molar-refractivity contribution in [1.29, 1.82) is 0 Å². The first kappa shape index (κ1) is 13.4. The van der Waals surface area contributed by atoms with E-state index in [1.807, 2.05) is 0 Å². The predicted octanol–water partition coefficient (Wildman–Crippen LogP) is 1.56. The first-order valence-electron chi connectivity index (χ1n) is 4.41. The summed E-state index contributed by atoms with van der Waals surface area (Å²) in [6.07, 6.45) is 0.765. The van der Waals surface area contributed by atoms with Gasteiger partial charge in [-0.3, -0.25) is 10.1 Å². The van der Waals surface area contributed by atoms with Gasteiger partial charge in [0.25, 0.3) is 0 Å². The number of nitrogens with one attached hydrogen (secondary N) is 1. The van der Waals surface area contributed by atoms with Crippen LogP contribution in [0.2, 0.25) is 0 Å². The molecule has 14 heavy (non-hydrogen) atoms. The van der Waals surface area contributed by atoms with Crippen molar-refractivity contribution in [3.05, 3.63) is 12.2 Å². The lowest BCUT2D eigenvalue weighted by atomic mass is 10.2. The van der Waals surface area contributed by atoms with Crippen LogP contribution in [0.3, 0.4) is 0 Å². The summed E-state index contributed by atoms with van der Waals surface area (Å²) in [7, 11) is 0. The summed E-state index contributed by atoms with van der Waals surface area (Å²) in [5, 5.41) is 11.1. The third kappa shape index (κ3) is 5.96. The van der Waals surface area contributed by atoms with Crippen LogP contribution in [0.5, 0.6) is 0 Å². The number of carbonyl (C=O) groups excluding carboxylic acids is 1. The molecule has 0 aliphatic heterocycles. The second kappa shape index (κ2) is 7.79. The Morgan fingerprint density at radius 1 is 1.64 bits per heavy atom. The van der Waals surface area contributed by atoms with Crippen LogP contribution in [0, 0.1) is 0 Å². The fraction of sp³-hybridized carbons (Fsp3) is 0.667. The normalized spacial score (nSPS) is 12.2. The fourth-order valence-electron chi connectivity index (χ4n) is 0.869. The summed E-state index contributed by atoms with van der Waals surface area (Å²) in [5.41, 5.74) is 0.462. The van der Waals surface area contributed by atoms with Crippen molar-refractivity contribution in [2.45, 2.75) is 25.9 Å². The van der Waals surface area contributed by atoms with Crippen LogP contribution in [-0.2, 0) is 9.68 Å². The van der Waals surface area contributed by atoms with Gasteiger partial charge in [0.15, 0.2) is 0 Å². The van der Waals surface area contributed by atoms with Gasteiger partial charge in [0.2, 0.25) is 5.91 Å². The second-order valence-electron chi connectivity index (χ2n) is 3.03. The molecule has 0 radical (unpaired) electrons. The van der Waals surface area contributed by atoms with E-state index < -0.39 is 0 Å². The smallest absolute Gasteiger partial charge is 0.246 e. The summed E-state index contributed by atoms with van der Waals surface area (Å²) >= 11 is 5.47. The van der Waals surface area contributed by atoms with E-state index in [9.17, 15) is 4.79 Å². The van der Waals surface area contributed by atoms with E-state index in [4.69, 9.17) is 16.9 Å². The third-order valence-corrected chi connectivity index (χ3v) is 1.94. The lowest BCUT2D eigenvalue weighted by molar-refractivity contribution is -0.279. The molecule has 0 aromatic carbocycles. The van der Waals surface area contributed by atoms with Crippen LogP contribution in [-0.4, -0.2) is 29.7 Å². The zero-order valence-corrected chi connectivity index (χ0v) is 9.01. The number of alkyl halides is 1. The highest BCUT2D eigenvalue weighted by molar-refractivity contribution is 6.17. The van der Waals surface area contributed by atoms with E-state index in [0.29, 0.717) is 30.8 Å². The maximum Gasteiger partial charge on any atom is 0.246 e.